The number of nitrogens with zero attached hydrogens (tertiary/aromatic N) is 1. The van der Waals surface area contributed by atoms with Crippen molar-refractivity contribution in [3.8, 4) is 0 Å². The number of aromatic nitrogens is 1. The van der Waals surface area contributed by atoms with Gasteiger partial charge in [-0.05, 0) is 89.5 Å². The highest BCUT2D eigenvalue weighted by molar-refractivity contribution is 5.60. The molecule has 178 valence electrons. The average molecular weight is 455 g/mol. The van der Waals surface area contributed by atoms with E-state index in [0.29, 0.717) is 17.4 Å². The largest absolute Gasteiger partial charge is 0.378 e. The summed E-state index contributed by atoms with van der Waals surface area (Å²) in [5.41, 5.74) is 9.90. The van der Waals surface area contributed by atoms with E-state index in [1.165, 1.54) is 45.4 Å². The number of rotatable bonds is 6. The number of fused-ring (bicyclic) bond motifs is 1. The quantitative estimate of drug-likeness (QED) is 0.276. The van der Waals surface area contributed by atoms with Crippen LogP contribution in [0.2, 0.25) is 0 Å². The summed E-state index contributed by atoms with van der Waals surface area (Å²) in [7, 11) is 0. The van der Waals surface area contributed by atoms with Gasteiger partial charge in [0, 0.05) is 11.9 Å². The normalized spacial score (nSPS) is 17.8. The number of hydrogen-bond acceptors (Lipinski definition) is 3. The average Bonchev–Trinajstić information content (AvgIpc) is 2.81. The Kier molecular flexibility index (Phi) is 6.79. The van der Waals surface area contributed by atoms with Crippen molar-refractivity contribution in [2.75, 3.05) is 5.32 Å². The van der Waals surface area contributed by atoms with Gasteiger partial charge >= 0.3 is 0 Å². The number of benzene rings is 2. The van der Waals surface area contributed by atoms with Crippen LogP contribution >= 0.6 is 0 Å². The van der Waals surface area contributed by atoms with Crippen molar-refractivity contribution in [2.45, 2.75) is 77.7 Å². The lowest BCUT2D eigenvalue weighted by Gasteiger charge is -2.34. The van der Waals surface area contributed by atoms with Crippen molar-refractivity contribution < 1.29 is 0 Å². The molecule has 4 nitrogen and oxygen atoms in total. The fourth-order valence-electron chi connectivity index (χ4n) is 5.35. The van der Waals surface area contributed by atoms with Gasteiger partial charge in [0.05, 0.1) is 12.4 Å². The van der Waals surface area contributed by atoms with Gasteiger partial charge in [0.15, 0.2) is 0 Å². The molecule has 0 bridgehead atoms. The zero-order valence-corrected chi connectivity index (χ0v) is 21.2. The second kappa shape index (κ2) is 9.61. The molecule has 3 N–H and O–H groups in total. The van der Waals surface area contributed by atoms with E-state index in [1.54, 1.807) is 10.6 Å². The maximum absolute atomic E-state index is 7.94. The molecule has 0 radical (unpaired) electrons. The highest BCUT2D eigenvalue weighted by atomic mass is 15.0. The minimum atomic E-state index is 0.116. The maximum Gasteiger partial charge on any atom is 0.129 e. The molecule has 1 aliphatic carbocycles. The van der Waals surface area contributed by atoms with Gasteiger partial charge in [-0.2, -0.15) is 0 Å². The Labute approximate surface area is 204 Å². The minimum Gasteiger partial charge on any atom is -0.378 e. The number of hydrogen-bond donors (Lipinski definition) is 3. The first-order valence-electron chi connectivity index (χ1n) is 12.5. The van der Waals surface area contributed by atoms with E-state index in [1.807, 2.05) is 12.3 Å². The Hall–Kier alpha value is -3.14. The van der Waals surface area contributed by atoms with Gasteiger partial charge in [-0.1, -0.05) is 64.1 Å². The Bertz CT molecular complexity index is 1250. The van der Waals surface area contributed by atoms with Crippen LogP contribution in [0.15, 0.2) is 54.7 Å². The van der Waals surface area contributed by atoms with Gasteiger partial charge in [0.2, 0.25) is 0 Å². The molecule has 4 heteroatoms. The molecule has 3 aromatic rings. The van der Waals surface area contributed by atoms with Crippen molar-refractivity contribution in [1.82, 2.24) is 4.57 Å². The predicted octanol–water partition coefficient (Wildman–Crippen LogP) is 6.86. The molecule has 1 aromatic heterocycles. The first-order chi connectivity index (χ1) is 16.2. The molecule has 1 heterocycles. The fraction of sp³-hybridized carbons (Fsp3) is 0.400. The van der Waals surface area contributed by atoms with Crippen LogP contribution in [0.4, 0.5) is 5.69 Å². The highest BCUT2D eigenvalue weighted by Crippen LogP contribution is 2.42. The summed E-state index contributed by atoms with van der Waals surface area (Å²) in [5.74, 6) is 0.443. The lowest BCUT2D eigenvalue weighted by atomic mass is 9.77. The van der Waals surface area contributed by atoms with Crippen molar-refractivity contribution in [2.24, 2.45) is 0 Å². The Morgan fingerprint density at radius 2 is 1.79 bits per heavy atom. The summed E-state index contributed by atoms with van der Waals surface area (Å²) in [5, 5.41) is 19.5. The minimum absolute atomic E-state index is 0.116. The molecule has 0 fully saturated rings. The predicted molar refractivity (Wildman–Crippen MR) is 142 cm³/mol. The summed E-state index contributed by atoms with van der Waals surface area (Å²) in [4.78, 5) is 0. The molecule has 2 unspecified atom stereocenters. The van der Waals surface area contributed by atoms with Crippen LogP contribution in [-0.2, 0) is 18.3 Å². The molecule has 2 aromatic carbocycles. The van der Waals surface area contributed by atoms with Crippen LogP contribution in [-0.4, -0.2) is 10.9 Å². The van der Waals surface area contributed by atoms with Gasteiger partial charge in [-0.15, -0.1) is 0 Å². The monoisotopic (exact) mass is 454 g/mol. The smallest absolute Gasteiger partial charge is 0.129 e. The number of nitrogens with one attached hydrogen (secondary N) is 3. The lowest BCUT2D eigenvalue weighted by molar-refractivity contribution is 0.505. The maximum atomic E-state index is 7.94. The summed E-state index contributed by atoms with van der Waals surface area (Å²) in [6.07, 6.45) is 7.29. The van der Waals surface area contributed by atoms with E-state index in [2.05, 4.69) is 76.3 Å². The molecular formula is C30H38N4. The van der Waals surface area contributed by atoms with E-state index in [4.69, 9.17) is 10.8 Å². The SMILES string of the molecule is CCc1c(C)cc(C(C)(C)C)cc1NC1CCC(Cc2ccc(=N)n(C=N)c2)c2ccccc21. The third kappa shape index (κ3) is 4.86. The van der Waals surface area contributed by atoms with Crippen molar-refractivity contribution >= 4 is 12.0 Å². The second-order valence-corrected chi connectivity index (χ2v) is 10.7. The second-order valence-electron chi connectivity index (χ2n) is 10.7. The van der Waals surface area contributed by atoms with Crippen LogP contribution in [0.25, 0.3) is 0 Å². The fourth-order valence-corrected chi connectivity index (χ4v) is 5.35. The molecule has 4 rings (SSSR count). The summed E-state index contributed by atoms with van der Waals surface area (Å²) in [6, 6.07) is 17.7. The Morgan fingerprint density at radius 1 is 1.06 bits per heavy atom. The van der Waals surface area contributed by atoms with Crippen LogP contribution in [0.5, 0.6) is 0 Å². The topological polar surface area (TPSA) is 64.7 Å². The van der Waals surface area contributed by atoms with Crippen molar-refractivity contribution in [1.29, 1.82) is 10.8 Å². The molecule has 2 atom stereocenters. The summed E-state index contributed by atoms with van der Waals surface area (Å²) in [6.45, 7) is 11.3. The van der Waals surface area contributed by atoms with E-state index in [0.717, 1.165) is 25.7 Å². The Balaban J connectivity index is 1.65. The van der Waals surface area contributed by atoms with Gasteiger partial charge in [-0.3, -0.25) is 15.4 Å². The third-order valence-corrected chi connectivity index (χ3v) is 7.30. The van der Waals surface area contributed by atoms with Gasteiger partial charge in [0.25, 0.3) is 0 Å². The van der Waals surface area contributed by atoms with Crippen LogP contribution in [0, 0.1) is 17.7 Å². The molecule has 34 heavy (non-hydrogen) atoms. The molecule has 0 aliphatic heterocycles. The van der Waals surface area contributed by atoms with E-state index < -0.39 is 0 Å². The van der Waals surface area contributed by atoms with Crippen molar-refractivity contribution in [3.63, 3.8) is 0 Å². The number of aryl methyl sites for hydroxylation is 1. The number of anilines is 1. The van der Waals surface area contributed by atoms with E-state index >= 15 is 0 Å². The third-order valence-electron chi connectivity index (χ3n) is 7.30. The van der Waals surface area contributed by atoms with Crippen LogP contribution < -0.4 is 10.8 Å². The highest BCUT2D eigenvalue weighted by Gasteiger charge is 2.28. The molecular weight excluding hydrogens is 416 g/mol. The lowest BCUT2D eigenvalue weighted by Crippen LogP contribution is -2.23. The standard InChI is InChI=1S/C30H38N4/c1-6-24-20(2)15-23(30(3,4)5)17-28(24)33-27-13-12-22(25-9-7-8-10-26(25)27)16-21-11-14-29(32)34(18-21)19-31/h7-11,14-15,17-19,22,27,31-33H,6,12-13,16H2,1-5H3. The molecule has 0 saturated carbocycles. The number of pyridine rings is 1. The van der Waals surface area contributed by atoms with Gasteiger partial charge in [0.1, 0.15) is 5.49 Å². The van der Waals surface area contributed by atoms with Gasteiger partial charge in [-0.25, -0.2) is 0 Å². The zero-order valence-electron chi connectivity index (χ0n) is 21.2. The Morgan fingerprint density at radius 3 is 2.47 bits per heavy atom. The van der Waals surface area contributed by atoms with Gasteiger partial charge < -0.3 is 5.32 Å². The molecule has 1 aliphatic rings. The van der Waals surface area contributed by atoms with E-state index in [9.17, 15) is 0 Å². The first-order valence-corrected chi connectivity index (χ1v) is 12.5. The molecule has 0 spiro atoms. The molecule has 0 amide bonds. The summed E-state index contributed by atoms with van der Waals surface area (Å²) < 4.78 is 1.57. The van der Waals surface area contributed by atoms with Crippen LogP contribution in [0.3, 0.4) is 0 Å². The van der Waals surface area contributed by atoms with Crippen LogP contribution in [0.1, 0.15) is 85.9 Å². The van der Waals surface area contributed by atoms with E-state index in [-0.39, 0.29) is 5.41 Å². The zero-order chi connectivity index (χ0) is 24.5. The summed E-state index contributed by atoms with van der Waals surface area (Å²) >= 11 is 0. The first kappa shape index (κ1) is 24.0. The molecule has 0 saturated heterocycles. The van der Waals surface area contributed by atoms with Crippen molar-refractivity contribution in [3.05, 3.63) is 93.6 Å².